The molecule has 0 radical (unpaired) electrons. The molecule has 1 aromatic heterocycles. The lowest BCUT2D eigenvalue weighted by Crippen LogP contribution is -2.80. The van der Waals surface area contributed by atoms with Gasteiger partial charge in [0.25, 0.3) is 0 Å². The van der Waals surface area contributed by atoms with Crippen LogP contribution in [0.1, 0.15) is 23.6 Å². The Morgan fingerprint density at radius 3 is 2.31 bits per heavy atom. The van der Waals surface area contributed by atoms with E-state index >= 15 is 0 Å². The molecular formula is C22H25N2O2+. The number of nitrogens with zero attached hydrogens (tertiary/aromatic N) is 1. The van der Waals surface area contributed by atoms with E-state index in [0.717, 1.165) is 30.2 Å². The molecule has 4 nitrogen and oxygen atoms in total. The molecule has 0 saturated carbocycles. The van der Waals surface area contributed by atoms with Crippen molar-refractivity contribution in [3.8, 4) is 11.5 Å². The van der Waals surface area contributed by atoms with Crippen molar-refractivity contribution in [1.82, 2.24) is 4.98 Å². The lowest BCUT2D eigenvalue weighted by molar-refractivity contribution is -0.686. The van der Waals surface area contributed by atoms with Crippen LogP contribution in [0.2, 0.25) is 0 Å². The van der Waals surface area contributed by atoms with Crippen LogP contribution in [0.15, 0.2) is 73.1 Å². The van der Waals surface area contributed by atoms with Gasteiger partial charge >= 0.3 is 0 Å². The highest BCUT2D eigenvalue weighted by Crippen LogP contribution is 2.29. The van der Waals surface area contributed by atoms with Gasteiger partial charge in [-0.15, -0.1) is 0 Å². The number of nitrogens with two attached hydrogens (primary N) is 1. The second-order valence-electron chi connectivity index (χ2n) is 6.04. The van der Waals surface area contributed by atoms with Crippen LogP contribution in [0.3, 0.4) is 0 Å². The van der Waals surface area contributed by atoms with E-state index in [1.54, 1.807) is 0 Å². The standard InChI is InChI=1S/C22H24N2O2/c1-2-25-22-14-20(16-24-15-18-10-12-23-13-11-18)8-9-21(22)26-17-19-6-4-3-5-7-19/h3-14,24H,2,15-17H2,1H3/p+1. The molecule has 0 aliphatic carbocycles. The van der Waals surface area contributed by atoms with Crippen LogP contribution < -0.4 is 14.8 Å². The molecule has 0 atom stereocenters. The summed E-state index contributed by atoms with van der Waals surface area (Å²) in [6, 6.07) is 20.4. The van der Waals surface area contributed by atoms with E-state index in [2.05, 4.69) is 34.6 Å². The average Bonchev–Trinajstić information content (AvgIpc) is 2.69. The minimum absolute atomic E-state index is 0.536. The van der Waals surface area contributed by atoms with Crippen LogP contribution in [0.4, 0.5) is 0 Å². The third kappa shape index (κ3) is 5.33. The lowest BCUT2D eigenvalue weighted by atomic mass is 10.2. The molecule has 3 aromatic rings. The molecule has 134 valence electrons. The molecule has 0 saturated heterocycles. The van der Waals surface area contributed by atoms with Crippen molar-refractivity contribution in [2.45, 2.75) is 26.6 Å². The summed E-state index contributed by atoms with van der Waals surface area (Å²) in [5.41, 5.74) is 3.63. The first-order chi connectivity index (χ1) is 12.8. The number of ether oxygens (including phenoxy) is 2. The topological polar surface area (TPSA) is 48.0 Å². The number of hydrogen-bond acceptors (Lipinski definition) is 3. The van der Waals surface area contributed by atoms with E-state index in [-0.39, 0.29) is 0 Å². The van der Waals surface area contributed by atoms with Crippen molar-refractivity contribution in [1.29, 1.82) is 0 Å². The fourth-order valence-electron chi connectivity index (χ4n) is 2.73. The molecule has 26 heavy (non-hydrogen) atoms. The summed E-state index contributed by atoms with van der Waals surface area (Å²) in [7, 11) is 0. The van der Waals surface area contributed by atoms with E-state index in [1.165, 1.54) is 11.1 Å². The van der Waals surface area contributed by atoms with Crippen molar-refractivity contribution >= 4 is 0 Å². The SMILES string of the molecule is CCOc1cc(C[NH2+]Cc2ccncc2)ccc1OCc1ccccc1. The Balaban J connectivity index is 1.60. The minimum atomic E-state index is 0.536. The second kappa shape index (κ2) is 9.59. The number of quaternary nitrogens is 1. The van der Waals surface area contributed by atoms with Crippen LogP contribution in [0, 0.1) is 0 Å². The molecule has 0 unspecified atom stereocenters. The Hall–Kier alpha value is -2.85. The van der Waals surface area contributed by atoms with Gasteiger partial charge in [-0.3, -0.25) is 4.98 Å². The van der Waals surface area contributed by atoms with Crippen LogP contribution >= 0.6 is 0 Å². The molecule has 4 heteroatoms. The first kappa shape index (κ1) is 18.0. The van der Waals surface area contributed by atoms with Gasteiger partial charge in [0.1, 0.15) is 19.7 Å². The van der Waals surface area contributed by atoms with Crippen molar-refractivity contribution in [2.24, 2.45) is 0 Å². The molecule has 0 aliphatic heterocycles. The van der Waals surface area contributed by atoms with Gasteiger partial charge in [0.05, 0.1) is 6.61 Å². The molecule has 0 amide bonds. The Bertz CT molecular complexity index is 792. The number of benzene rings is 2. The van der Waals surface area contributed by atoms with Gasteiger partial charge < -0.3 is 14.8 Å². The van der Waals surface area contributed by atoms with Crippen LogP contribution in [-0.2, 0) is 19.7 Å². The fraction of sp³-hybridized carbons (Fsp3) is 0.227. The molecular weight excluding hydrogens is 324 g/mol. The van der Waals surface area contributed by atoms with Crippen molar-refractivity contribution < 1.29 is 14.8 Å². The first-order valence-corrected chi connectivity index (χ1v) is 8.98. The van der Waals surface area contributed by atoms with Gasteiger partial charge in [-0.25, -0.2) is 0 Å². The molecule has 3 rings (SSSR count). The Kier molecular flexibility index (Phi) is 6.62. The average molecular weight is 349 g/mol. The monoisotopic (exact) mass is 349 g/mol. The number of aromatic nitrogens is 1. The highest BCUT2D eigenvalue weighted by Gasteiger charge is 2.08. The highest BCUT2D eigenvalue weighted by molar-refractivity contribution is 5.43. The zero-order chi connectivity index (χ0) is 18.0. The van der Waals surface area contributed by atoms with Gasteiger partial charge in [0.2, 0.25) is 0 Å². The van der Waals surface area contributed by atoms with E-state index in [0.29, 0.717) is 13.2 Å². The Morgan fingerprint density at radius 2 is 1.54 bits per heavy atom. The summed E-state index contributed by atoms with van der Waals surface area (Å²) in [5, 5.41) is 2.27. The molecule has 2 N–H and O–H groups in total. The normalized spacial score (nSPS) is 10.5. The number of hydrogen-bond donors (Lipinski definition) is 1. The zero-order valence-corrected chi connectivity index (χ0v) is 15.1. The third-order valence-electron chi connectivity index (χ3n) is 4.05. The summed E-state index contributed by atoms with van der Waals surface area (Å²) in [6.45, 7) is 4.96. The summed E-state index contributed by atoms with van der Waals surface area (Å²) < 4.78 is 11.7. The maximum atomic E-state index is 5.96. The maximum absolute atomic E-state index is 5.96. The summed E-state index contributed by atoms with van der Waals surface area (Å²) in [5.74, 6) is 1.59. The zero-order valence-electron chi connectivity index (χ0n) is 15.1. The first-order valence-electron chi connectivity index (χ1n) is 8.98. The number of pyridine rings is 1. The van der Waals surface area contributed by atoms with E-state index in [4.69, 9.17) is 9.47 Å². The van der Waals surface area contributed by atoms with Gasteiger partial charge in [0, 0.05) is 23.5 Å². The molecule has 0 aliphatic rings. The van der Waals surface area contributed by atoms with Gasteiger partial charge in [-0.05, 0) is 42.8 Å². The Labute approximate surface area is 154 Å². The molecule has 0 spiro atoms. The van der Waals surface area contributed by atoms with E-state index in [1.807, 2.05) is 55.7 Å². The molecule has 0 bridgehead atoms. The summed E-state index contributed by atoms with van der Waals surface area (Å²) in [6.07, 6.45) is 3.66. The third-order valence-corrected chi connectivity index (χ3v) is 4.05. The minimum Gasteiger partial charge on any atom is -0.490 e. The maximum Gasteiger partial charge on any atom is 0.161 e. The van der Waals surface area contributed by atoms with Crippen molar-refractivity contribution in [3.63, 3.8) is 0 Å². The van der Waals surface area contributed by atoms with Gasteiger partial charge in [-0.2, -0.15) is 0 Å². The second-order valence-corrected chi connectivity index (χ2v) is 6.04. The molecule has 0 fully saturated rings. The lowest BCUT2D eigenvalue weighted by Gasteiger charge is -2.13. The fourth-order valence-corrected chi connectivity index (χ4v) is 2.73. The predicted molar refractivity (Wildman–Crippen MR) is 102 cm³/mol. The van der Waals surface area contributed by atoms with E-state index < -0.39 is 0 Å². The van der Waals surface area contributed by atoms with Crippen LogP contribution in [0.5, 0.6) is 11.5 Å². The Morgan fingerprint density at radius 1 is 0.769 bits per heavy atom. The van der Waals surface area contributed by atoms with Gasteiger partial charge in [0.15, 0.2) is 11.5 Å². The quantitative estimate of drug-likeness (QED) is 0.645. The summed E-state index contributed by atoms with van der Waals surface area (Å²) in [4.78, 5) is 4.05. The molecule has 2 aromatic carbocycles. The van der Waals surface area contributed by atoms with Gasteiger partial charge in [-0.1, -0.05) is 30.3 Å². The number of rotatable bonds is 9. The van der Waals surface area contributed by atoms with Crippen molar-refractivity contribution in [2.75, 3.05) is 6.61 Å². The smallest absolute Gasteiger partial charge is 0.161 e. The van der Waals surface area contributed by atoms with E-state index in [9.17, 15) is 0 Å². The van der Waals surface area contributed by atoms with Crippen LogP contribution in [0.25, 0.3) is 0 Å². The summed E-state index contributed by atoms with van der Waals surface area (Å²) >= 11 is 0. The predicted octanol–water partition coefficient (Wildman–Crippen LogP) is 3.32. The largest absolute Gasteiger partial charge is 0.490 e. The molecule has 1 heterocycles. The van der Waals surface area contributed by atoms with Crippen LogP contribution in [-0.4, -0.2) is 11.6 Å². The highest BCUT2D eigenvalue weighted by atomic mass is 16.5. The van der Waals surface area contributed by atoms with Crippen molar-refractivity contribution in [3.05, 3.63) is 89.7 Å².